The van der Waals surface area contributed by atoms with Crippen molar-refractivity contribution in [2.24, 2.45) is 0 Å². The van der Waals surface area contributed by atoms with E-state index in [1.807, 2.05) is 30.3 Å². The lowest BCUT2D eigenvalue weighted by atomic mass is 10.0. The highest BCUT2D eigenvalue weighted by atomic mass is 35.5. The van der Waals surface area contributed by atoms with Gasteiger partial charge in [-0.1, -0.05) is 36.4 Å². The van der Waals surface area contributed by atoms with Crippen LogP contribution >= 0.6 is 11.6 Å². The first-order chi connectivity index (χ1) is 15.5. The van der Waals surface area contributed by atoms with Crippen molar-refractivity contribution in [1.29, 1.82) is 0 Å². The van der Waals surface area contributed by atoms with Gasteiger partial charge >= 0.3 is 0 Å². The van der Waals surface area contributed by atoms with Crippen molar-refractivity contribution >= 4 is 45.1 Å². The number of anilines is 1. The van der Waals surface area contributed by atoms with Gasteiger partial charge in [-0.15, -0.1) is 0 Å². The van der Waals surface area contributed by atoms with E-state index in [-0.39, 0.29) is 11.5 Å². The summed E-state index contributed by atoms with van der Waals surface area (Å²) in [6, 6.07) is 12.9. The molecule has 1 saturated heterocycles. The van der Waals surface area contributed by atoms with Gasteiger partial charge in [-0.2, -0.15) is 0 Å². The fourth-order valence-corrected chi connectivity index (χ4v) is 4.46. The van der Waals surface area contributed by atoms with E-state index in [1.165, 1.54) is 12.1 Å². The minimum Gasteiger partial charge on any atom is -0.352 e. The number of halogens is 1. The Labute approximate surface area is 189 Å². The average Bonchev–Trinajstić information content (AvgIpc) is 2.82. The van der Waals surface area contributed by atoms with Crippen LogP contribution in [0.1, 0.15) is 0 Å². The number of hydrogen-bond donors (Lipinski definition) is 1. The number of piperazine rings is 1. The molecule has 8 heteroatoms. The molecule has 0 saturated carbocycles. The Morgan fingerprint density at radius 1 is 1.06 bits per heavy atom. The highest BCUT2D eigenvalue weighted by molar-refractivity contribution is 6.34. The molecule has 0 radical (unpaired) electrons. The van der Waals surface area contributed by atoms with E-state index < -0.39 is 0 Å². The molecule has 5 rings (SSSR count). The van der Waals surface area contributed by atoms with E-state index in [9.17, 15) is 9.59 Å². The molecule has 0 atom stereocenters. The molecule has 7 nitrogen and oxygen atoms in total. The monoisotopic (exact) mass is 445 g/mol. The number of aromatic amines is 1. The van der Waals surface area contributed by atoms with E-state index in [1.54, 1.807) is 17.3 Å². The van der Waals surface area contributed by atoms with Crippen LogP contribution in [0.5, 0.6) is 0 Å². The summed E-state index contributed by atoms with van der Waals surface area (Å²) in [4.78, 5) is 39.6. The van der Waals surface area contributed by atoms with Gasteiger partial charge in [-0.05, 0) is 29.7 Å². The Bertz CT molecular complexity index is 1420. The highest BCUT2D eigenvalue weighted by Crippen LogP contribution is 2.37. The van der Waals surface area contributed by atoms with Gasteiger partial charge in [0.25, 0.3) is 0 Å². The minimum absolute atomic E-state index is 0.0574. The van der Waals surface area contributed by atoms with E-state index in [0.717, 1.165) is 38.8 Å². The molecule has 0 spiro atoms. The van der Waals surface area contributed by atoms with Gasteiger partial charge in [-0.3, -0.25) is 9.59 Å². The average molecular weight is 446 g/mol. The van der Waals surface area contributed by atoms with Gasteiger partial charge in [0, 0.05) is 53.8 Å². The largest absolute Gasteiger partial charge is 0.352 e. The number of carbonyl (C=O) groups excluding carboxylic acids is 1. The molecule has 1 N–H and O–H groups in total. The molecule has 32 heavy (non-hydrogen) atoms. The number of rotatable bonds is 3. The van der Waals surface area contributed by atoms with Crippen molar-refractivity contribution < 1.29 is 4.79 Å². The number of aromatic nitrogens is 3. The third-order valence-electron chi connectivity index (χ3n) is 5.82. The number of benzene rings is 2. The predicted octanol–water partition coefficient (Wildman–Crippen LogP) is 3.63. The van der Waals surface area contributed by atoms with Gasteiger partial charge < -0.3 is 14.8 Å². The number of H-pyrrole nitrogens is 1. The summed E-state index contributed by atoms with van der Waals surface area (Å²) >= 11 is 6.74. The molecule has 1 aliphatic rings. The SMILES string of the molecule is C=CC(=O)N1CCN(c2ncnc3cc(-c4cccc5ccc(=O)[nH]c45)c(Cl)cc23)CC1. The Balaban J connectivity index is 1.57. The van der Waals surface area contributed by atoms with Crippen molar-refractivity contribution in [2.45, 2.75) is 0 Å². The highest BCUT2D eigenvalue weighted by Gasteiger charge is 2.22. The molecule has 0 bridgehead atoms. The second-order valence-electron chi connectivity index (χ2n) is 7.66. The number of fused-ring (bicyclic) bond motifs is 2. The second-order valence-corrected chi connectivity index (χ2v) is 8.06. The Kier molecular flexibility index (Phi) is 5.11. The second kappa shape index (κ2) is 8.09. The van der Waals surface area contributed by atoms with Crippen LogP contribution in [-0.4, -0.2) is 51.9 Å². The Morgan fingerprint density at radius 2 is 1.88 bits per heavy atom. The van der Waals surface area contributed by atoms with Crippen molar-refractivity contribution in [2.75, 3.05) is 31.1 Å². The minimum atomic E-state index is -0.166. The van der Waals surface area contributed by atoms with Crippen LogP contribution in [0.3, 0.4) is 0 Å². The molecule has 2 aromatic heterocycles. The lowest BCUT2D eigenvalue weighted by Gasteiger charge is -2.35. The van der Waals surface area contributed by atoms with Crippen LogP contribution in [0.25, 0.3) is 32.9 Å². The zero-order valence-electron chi connectivity index (χ0n) is 17.2. The fourth-order valence-electron chi connectivity index (χ4n) is 4.19. The summed E-state index contributed by atoms with van der Waals surface area (Å²) in [5, 5.41) is 2.32. The maximum Gasteiger partial charge on any atom is 0.248 e. The summed E-state index contributed by atoms with van der Waals surface area (Å²) in [6.07, 6.45) is 2.89. The third-order valence-corrected chi connectivity index (χ3v) is 6.13. The number of hydrogen-bond acceptors (Lipinski definition) is 5. The van der Waals surface area contributed by atoms with Crippen molar-refractivity contribution in [3.63, 3.8) is 0 Å². The van der Waals surface area contributed by atoms with E-state index in [0.29, 0.717) is 31.2 Å². The van der Waals surface area contributed by atoms with Gasteiger partial charge in [0.2, 0.25) is 11.5 Å². The van der Waals surface area contributed by atoms with Crippen molar-refractivity contribution in [1.82, 2.24) is 19.9 Å². The Hall–Kier alpha value is -3.71. The number of nitrogens with zero attached hydrogens (tertiary/aromatic N) is 4. The molecule has 1 aliphatic heterocycles. The van der Waals surface area contributed by atoms with Crippen LogP contribution in [0.4, 0.5) is 5.82 Å². The van der Waals surface area contributed by atoms with Gasteiger partial charge in [0.15, 0.2) is 0 Å². The van der Waals surface area contributed by atoms with Crippen molar-refractivity contribution in [3.8, 4) is 11.1 Å². The summed E-state index contributed by atoms with van der Waals surface area (Å²) in [7, 11) is 0. The number of amides is 1. The summed E-state index contributed by atoms with van der Waals surface area (Å²) < 4.78 is 0. The standard InChI is InChI=1S/C24H20ClN5O2/c1-2-22(32)29-8-10-30(11-9-29)24-18-12-19(25)17(13-20(18)26-14-27-24)16-5-3-4-15-6-7-21(31)28-23(15)16/h2-7,12-14H,1,8-11H2,(H,28,31). The lowest BCUT2D eigenvalue weighted by Crippen LogP contribution is -2.48. The lowest BCUT2D eigenvalue weighted by molar-refractivity contribution is -0.126. The third kappa shape index (κ3) is 3.50. The number of carbonyl (C=O) groups is 1. The van der Waals surface area contributed by atoms with Crippen LogP contribution in [0.15, 0.2) is 66.2 Å². The maximum atomic E-state index is 11.9. The normalized spacial score (nSPS) is 14.2. The predicted molar refractivity (Wildman–Crippen MR) is 127 cm³/mol. The molecular formula is C24H20ClN5O2. The fraction of sp³-hybridized carbons (Fsp3) is 0.167. The van der Waals surface area contributed by atoms with Gasteiger partial charge in [-0.25, -0.2) is 9.97 Å². The topological polar surface area (TPSA) is 82.2 Å². The summed E-state index contributed by atoms with van der Waals surface area (Å²) in [5.74, 6) is 0.735. The van der Waals surface area contributed by atoms with Gasteiger partial charge in [0.1, 0.15) is 12.1 Å². The quantitative estimate of drug-likeness (QED) is 0.487. The first-order valence-electron chi connectivity index (χ1n) is 10.3. The molecule has 1 fully saturated rings. The summed E-state index contributed by atoms with van der Waals surface area (Å²) in [6.45, 7) is 6.09. The number of nitrogens with one attached hydrogen (secondary N) is 1. The molecule has 3 heterocycles. The zero-order chi connectivity index (χ0) is 22.2. The van der Waals surface area contributed by atoms with Crippen LogP contribution < -0.4 is 10.5 Å². The van der Waals surface area contributed by atoms with E-state index in [4.69, 9.17) is 11.6 Å². The maximum absolute atomic E-state index is 11.9. The smallest absolute Gasteiger partial charge is 0.248 e. The molecule has 2 aromatic carbocycles. The first-order valence-corrected chi connectivity index (χ1v) is 10.7. The zero-order valence-corrected chi connectivity index (χ0v) is 18.0. The van der Waals surface area contributed by atoms with Crippen LogP contribution in [0.2, 0.25) is 5.02 Å². The number of para-hydroxylation sites is 1. The summed E-state index contributed by atoms with van der Waals surface area (Å²) in [5.41, 5.74) is 2.95. The van der Waals surface area contributed by atoms with Crippen LogP contribution in [0, 0.1) is 0 Å². The molecule has 0 aliphatic carbocycles. The Morgan fingerprint density at radius 3 is 2.66 bits per heavy atom. The van der Waals surface area contributed by atoms with Gasteiger partial charge in [0.05, 0.1) is 11.0 Å². The molecular weight excluding hydrogens is 426 g/mol. The van der Waals surface area contributed by atoms with E-state index >= 15 is 0 Å². The van der Waals surface area contributed by atoms with Crippen LogP contribution in [-0.2, 0) is 4.79 Å². The van der Waals surface area contributed by atoms with Crippen molar-refractivity contribution in [3.05, 3.63) is 76.8 Å². The number of pyridine rings is 1. The molecule has 4 aromatic rings. The molecule has 0 unspecified atom stereocenters. The molecule has 1 amide bonds. The molecule has 160 valence electrons. The first kappa shape index (κ1) is 20.2. The van der Waals surface area contributed by atoms with E-state index in [2.05, 4.69) is 26.4 Å².